The Morgan fingerprint density at radius 1 is 1.14 bits per heavy atom. The molecule has 0 bridgehead atoms. The van der Waals surface area contributed by atoms with Gasteiger partial charge in [-0.05, 0) is 40.0 Å². The minimum atomic E-state index is -3.49. The first-order chi connectivity index (χ1) is 10.0. The van der Waals surface area contributed by atoms with Crippen LogP contribution in [0, 0.1) is 0 Å². The van der Waals surface area contributed by atoms with Gasteiger partial charge in [0.1, 0.15) is 0 Å². The summed E-state index contributed by atoms with van der Waals surface area (Å²) in [6.45, 7) is 2.53. The number of benzene rings is 1. The van der Waals surface area contributed by atoms with E-state index in [2.05, 4.69) is 27.6 Å². The number of halogens is 1. The smallest absolute Gasteiger partial charge is 0.241 e. The highest BCUT2D eigenvalue weighted by Gasteiger charge is 2.17. The predicted molar refractivity (Wildman–Crippen MR) is 88.6 cm³/mol. The van der Waals surface area contributed by atoms with Crippen molar-refractivity contribution >= 4 is 26.0 Å². The number of sulfonamides is 1. The third-order valence-corrected chi connectivity index (χ3v) is 5.73. The highest BCUT2D eigenvalue weighted by atomic mass is 79.9. The zero-order valence-electron chi connectivity index (χ0n) is 12.4. The molecule has 120 valence electrons. The van der Waals surface area contributed by atoms with Crippen LogP contribution in [-0.2, 0) is 16.6 Å². The van der Waals surface area contributed by atoms with Crippen molar-refractivity contribution in [1.29, 1.82) is 0 Å². The van der Waals surface area contributed by atoms with Gasteiger partial charge in [-0.15, -0.1) is 0 Å². The number of aliphatic hydroxyl groups is 1. The number of aliphatic hydroxyl groups excluding tert-OH is 1. The lowest BCUT2D eigenvalue weighted by molar-refractivity contribution is 0.281. The molecule has 0 spiro atoms. The Bertz CT molecular complexity index is 532. The SMILES string of the molecule is CCCCCCCCNS(=O)(=O)c1ccc(CO)cc1Br. The van der Waals surface area contributed by atoms with Crippen molar-refractivity contribution in [2.45, 2.75) is 57.0 Å². The maximum atomic E-state index is 12.2. The summed E-state index contributed by atoms with van der Waals surface area (Å²) in [5.74, 6) is 0. The summed E-state index contributed by atoms with van der Waals surface area (Å²) in [6.07, 6.45) is 6.74. The quantitative estimate of drug-likeness (QED) is 0.612. The average Bonchev–Trinajstić information content (AvgIpc) is 2.45. The molecule has 4 nitrogen and oxygen atoms in total. The first-order valence-electron chi connectivity index (χ1n) is 7.40. The maximum Gasteiger partial charge on any atom is 0.241 e. The van der Waals surface area contributed by atoms with Crippen molar-refractivity contribution in [2.24, 2.45) is 0 Å². The minimum absolute atomic E-state index is 0.107. The molecule has 0 aliphatic rings. The van der Waals surface area contributed by atoms with Gasteiger partial charge in [0.15, 0.2) is 0 Å². The number of hydrogen-bond donors (Lipinski definition) is 2. The molecule has 0 aliphatic carbocycles. The Labute approximate surface area is 136 Å². The van der Waals surface area contributed by atoms with E-state index >= 15 is 0 Å². The lowest BCUT2D eigenvalue weighted by Gasteiger charge is -2.09. The summed E-state index contributed by atoms with van der Waals surface area (Å²) in [5, 5.41) is 9.03. The molecule has 0 aromatic heterocycles. The fourth-order valence-corrected chi connectivity index (χ4v) is 4.25. The van der Waals surface area contributed by atoms with E-state index < -0.39 is 10.0 Å². The summed E-state index contributed by atoms with van der Waals surface area (Å²) in [7, 11) is -3.49. The van der Waals surface area contributed by atoms with Crippen LogP contribution in [0.3, 0.4) is 0 Å². The molecule has 0 unspecified atom stereocenters. The van der Waals surface area contributed by atoms with Gasteiger partial charge in [-0.2, -0.15) is 0 Å². The summed E-state index contributed by atoms with van der Waals surface area (Å²) in [5.41, 5.74) is 0.678. The summed E-state index contributed by atoms with van der Waals surface area (Å²) in [4.78, 5) is 0.214. The van der Waals surface area contributed by atoms with Crippen molar-refractivity contribution < 1.29 is 13.5 Å². The van der Waals surface area contributed by atoms with Crippen LogP contribution in [0.5, 0.6) is 0 Å². The van der Waals surface area contributed by atoms with E-state index in [0.717, 1.165) is 19.3 Å². The zero-order chi connectivity index (χ0) is 15.7. The predicted octanol–water partition coefficient (Wildman–Crippen LogP) is 3.58. The van der Waals surface area contributed by atoms with Crippen molar-refractivity contribution in [2.75, 3.05) is 6.54 Å². The standard InChI is InChI=1S/C15H24BrNO3S/c1-2-3-4-5-6-7-10-17-21(19,20)15-9-8-13(12-18)11-14(15)16/h8-9,11,17-18H,2-7,10,12H2,1H3. The second kappa shape index (κ2) is 9.56. The van der Waals surface area contributed by atoms with Gasteiger partial charge in [-0.3, -0.25) is 0 Å². The molecule has 0 amide bonds. The highest BCUT2D eigenvalue weighted by Crippen LogP contribution is 2.23. The van der Waals surface area contributed by atoms with Gasteiger partial charge in [0, 0.05) is 11.0 Å². The molecule has 1 aromatic rings. The lowest BCUT2D eigenvalue weighted by Crippen LogP contribution is -2.25. The number of hydrogen-bond acceptors (Lipinski definition) is 3. The topological polar surface area (TPSA) is 66.4 Å². The minimum Gasteiger partial charge on any atom is -0.392 e. The van der Waals surface area contributed by atoms with Crippen molar-refractivity contribution in [3.8, 4) is 0 Å². The first kappa shape index (κ1) is 18.6. The van der Waals surface area contributed by atoms with Crippen LogP contribution < -0.4 is 4.72 Å². The molecular weight excluding hydrogens is 354 g/mol. The third-order valence-electron chi connectivity index (χ3n) is 3.29. The van der Waals surface area contributed by atoms with Crippen LogP contribution in [-0.4, -0.2) is 20.1 Å². The van der Waals surface area contributed by atoms with Gasteiger partial charge >= 0.3 is 0 Å². The van der Waals surface area contributed by atoms with Crippen LogP contribution in [0.25, 0.3) is 0 Å². The van der Waals surface area contributed by atoms with E-state index in [9.17, 15) is 8.42 Å². The molecule has 0 saturated carbocycles. The molecule has 6 heteroatoms. The van der Waals surface area contributed by atoms with E-state index in [1.165, 1.54) is 25.3 Å². The van der Waals surface area contributed by atoms with Crippen molar-refractivity contribution in [1.82, 2.24) is 4.72 Å². The molecule has 0 heterocycles. The van der Waals surface area contributed by atoms with Crippen molar-refractivity contribution in [3.05, 3.63) is 28.2 Å². The number of rotatable bonds is 10. The molecule has 0 saturated heterocycles. The maximum absolute atomic E-state index is 12.2. The Balaban J connectivity index is 2.46. The number of nitrogens with one attached hydrogen (secondary N) is 1. The molecule has 0 atom stereocenters. The highest BCUT2D eigenvalue weighted by molar-refractivity contribution is 9.10. The van der Waals surface area contributed by atoms with Gasteiger partial charge in [-0.1, -0.05) is 45.1 Å². The van der Waals surface area contributed by atoms with Gasteiger partial charge in [-0.25, -0.2) is 13.1 Å². The summed E-state index contributed by atoms with van der Waals surface area (Å²) >= 11 is 3.24. The molecule has 0 radical (unpaired) electrons. The van der Waals surface area contributed by atoms with Gasteiger partial charge in [0.25, 0.3) is 0 Å². The Kier molecular flexibility index (Phi) is 8.48. The van der Waals surface area contributed by atoms with Crippen molar-refractivity contribution in [3.63, 3.8) is 0 Å². The first-order valence-corrected chi connectivity index (χ1v) is 9.68. The van der Waals surface area contributed by atoms with Crippen LogP contribution in [0.15, 0.2) is 27.6 Å². The Morgan fingerprint density at radius 2 is 1.81 bits per heavy atom. The second-order valence-corrected chi connectivity index (χ2v) is 7.68. The fourth-order valence-electron chi connectivity index (χ4n) is 2.05. The monoisotopic (exact) mass is 377 g/mol. The van der Waals surface area contributed by atoms with E-state index in [-0.39, 0.29) is 11.5 Å². The molecule has 0 aliphatic heterocycles. The van der Waals surface area contributed by atoms with Crippen LogP contribution in [0.2, 0.25) is 0 Å². The molecular formula is C15H24BrNO3S. The largest absolute Gasteiger partial charge is 0.392 e. The van der Waals surface area contributed by atoms with Crippen LogP contribution in [0.1, 0.15) is 51.0 Å². The lowest BCUT2D eigenvalue weighted by atomic mass is 10.1. The van der Waals surface area contributed by atoms with Gasteiger partial charge < -0.3 is 5.11 Å². The molecule has 2 N–H and O–H groups in total. The molecule has 21 heavy (non-hydrogen) atoms. The van der Waals surface area contributed by atoms with Gasteiger partial charge in [0.2, 0.25) is 10.0 Å². The Hall–Kier alpha value is -0.430. The summed E-state index contributed by atoms with van der Waals surface area (Å²) < 4.78 is 27.5. The molecule has 1 aromatic carbocycles. The molecule has 0 fully saturated rings. The third kappa shape index (κ3) is 6.46. The van der Waals surface area contributed by atoms with Crippen LogP contribution >= 0.6 is 15.9 Å². The zero-order valence-corrected chi connectivity index (χ0v) is 14.8. The van der Waals surface area contributed by atoms with Crippen LogP contribution in [0.4, 0.5) is 0 Å². The van der Waals surface area contributed by atoms with E-state index in [0.29, 0.717) is 16.6 Å². The second-order valence-electron chi connectivity index (χ2n) is 5.09. The van der Waals surface area contributed by atoms with Gasteiger partial charge in [0.05, 0.1) is 11.5 Å². The normalized spacial score (nSPS) is 11.8. The average molecular weight is 378 g/mol. The number of unbranched alkanes of at least 4 members (excludes halogenated alkanes) is 5. The van der Waals surface area contributed by atoms with E-state index in [4.69, 9.17) is 5.11 Å². The van der Waals surface area contributed by atoms with E-state index in [1.807, 2.05) is 0 Å². The summed E-state index contributed by atoms with van der Waals surface area (Å²) in [6, 6.07) is 4.75. The van der Waals surface area contributed by atoms with E-state index in [1.54, 1.807) is 12.1 Å². The Morgan fingerprint density at radius 3 is 2.43 bits per heavy atom. The molecule has 1 rings (SSSR count). The fraction of sp³-hybridized carbons (Fsp3) is 0.600.